The molecule has 5 atom stereocenters. The molecule has 1 fully saturated rings. The third-order valence-electron chi connectivity index (χ3n) is 4.76. The number of aliphatic hydroxyl groups excluding tert-OH is 4. The van der Waals surface area contributed by atoms with Gasteiger partial charge in [-0.25, -0.2) is 0 Å². The molecule has 0 spiro atoms. The Morgan fingerprint density at radius 3 is 2.43 bits per heavy atom. The molecule has 1 aliphatic heterocycles. The molecule has 28 heavy (non-hydrogen) atoms. The van der Waals surface area contributed by atoms with Crippen molar-refractivity contribution in [3.63, 3.8) is 0 Å². The van der Waals surface area contributed by atoms with Crippen molar-refractivity contribution in [2.75, 3.05) is 6.61 Å². The molecule has 0 unspecified atom stereocenters. The van der Waals surface area contributed by atoms with Crippen molar-refractivity contribution in [2.24, 2.45) is 0 Å². The summed E-state index contributed by atoms with van der Waals surface area (Å²) in [5, 5.41) is 40.0. The first-order chi connectivity index (χ1) is 14.2. The first kappa shape index (κ1) is 18.3. The molecule has 150 valence electrons. The number of aliphatic hydroxyl groups is 4. The zero-order valence-corrected chi connectivity index (χ0v) is 16.1. The molecule has 0 amide bonds. The van der Waals surface area contributed by atoms with Gasteiger partial charge in [0.15, 0.2) is 0 Å². The lowest BCUT2D eigenvalue weighted by molar-refractivity contribution is -0.231. The minimum Gasteiger partial charge on any atom is -0.394 e. The highest BCUT2D eigenvalue weighted by molar-refractivity contribution is 6.31. The molecule has 4 N–H and O–H groups in total. The number of rotatable bonds is 5. The van der Waals surface area contributed by atoms with Crippen LogP contribution in [-0.4, -0.2) is 51.4 Å². The van der Waals surface area contributed by atoms with Crippen molar-refractivity contribution in [3.05, 3.63) is 75.8 Å². The molecule has 6 heteroatoms. The summed E-state index contributed by atoms with van der Waals surface area (Å²) in [7, 11) is 0. The molecule has 0 aliphatic carbocycles. The zero-order valence-electron chi connectivity index (χ0n) is 17.4. The lowest BCUT2D eigenvalue weighted by Crippen LogP contribution is -2.55. The second-order valence-corrected chi connectivity index (χ2v) is 7.14. The largest absolute Gasteiger partial charge is 0.394 e. The van der Waals surface area contributed by atoms with Crippen molar-refractivity contribution < 1.29 is 27.9 Å². The van der Waals surface area contributed by atoms with Crippen molar-refractivity contribution in [2.45, 2.75) is 43.8 Å². The van der Waals surface area contributed by atoms with Gasteiger partial charge in [-0.1, -0.05) is 60.2 Å². The highest BCUT2D eigenvalue weighted by Crippen LogP contribution is 2.34. The van der Waals surface area contributed by atoms with E-state index in [0.29, 0.717) is 11.1 Å². The summed E-state index contributed by atoms with van der Waals surface area (Å²) in [4.78, 5) is 0. The SMILES string of the molecule is [2H]C([2H])(c1ccc(C=CC)cc1)c1cc([C@@H]2O[C@H](CO)[C@@H](O)[C@H](O)[C@H]2O)ccc1Cl. The molecule has 0 aromatic heterocycles. The second-order valence-electron chi connectivity index (χ2n) is 6.74. The van der Waals surface area contributed by atoms with Gasteiger partial charge in [0.1, 0.15) is 30.5 Å². The molecule has 0 radical (unpaired) electrons. The third kappa shape index (κ3) is 4.46. The van der Waals surface area contributed by atoms with Gasteiger partial charge in [-0.05, 0) is 41.6 Å². The fourth-order valence-electron chi connectivity index (χ4n) is 3.22. The number of halogens is 1. The summed E-state index contributed by atoms with van der Waals surface area (Å²) in [5.41, 5.74) is 1.90. The van der Waals surface area contributed by atoms with E-state index in [1.54, 1.807) is 18.2 Å². The minimum atomic E-state index is -1.93. The van der Waals surface area contributed by atoms with Crippen LogP contribution in [0.4, 0.5) is 0 Å². The Bertz CT molecular complexity index is 901. The van der Waals surface area contributed by atoms with Crippen molar-refractivity contribution >= 4 is 17.7 Å². The van der Waals surface area contributed by atoms with Gasteiger partial charge in [-0.3, -0.25) is 0 Å². The molecular formula is C22H25ClO5. The highest BCUT2D eigenvalue weighted by Gasteiger charge is 2.43. The minimum absolute atomic E-state index is 0.178. The normalized spacial score (nSPS) is 29.6. The van der Waals surface area contributed by atoms with Gasteiger partial charge >= 0.3 is 0 Å². The van der Waals surface area contributed by atoms with Crippen molar-refractivity contribution in [3.8, 4) is 0 Å². The van der Waals surface area contributed by atoms with Crippen LogP contribution >= 0.6 is 11.6 Å². The van der Waals surface area contributed by atoms with E-state index in [1.807, 2.05) is 31.2 Å². The van der Waals surface area contributed by atoms with Gasteiger partial charge in [0.25, 0.3) is 0 Å². The smallest absolute Gasteiger partial charge is 0.113 e. The van der Waals surface area contributed by atoms with Gasteiger partial charge in [0.2, 0.25) is 0 Å². The molecule has 5 nitrogen and oxygen atoms in total. The first-order valence-electron chi connectivity index (χ1n) is 10.0. The third-order valence-corrected chi connectivity index (χ3v) is 5.09. The average Bonchev–Trinajstić information content (AvgIpc) is 2.73. The fourth-order valence-corrected chi connectivity index (χ4v) is 3.38. The Hall–Kier alpha value is -1.73. The van der Waals surface area contributed by atoms with Crippen LogP contribution in [0.25, 0.3) is 6.08 Å². The monoisotopic (exact) mass is 406 g/mol. The number of hydrogen-bond donors (Lipinski definition) is 4. The summed E-state index contributed by atoms with van der Waals surface area (Å²) >= 11 is 6.31. The van der Waals surface area contributed by atoms with E-state index in [-0.39, 0.29) is 10.6 Å². The van der Waals surface area contributed by atoms with E-state index in [0.717, 1.165) is 5.56 Å². The summed E-state index contributed by atoms with van der Waals surface area (Å²) in [6.45, 7) is 1.36. The Morgan fingerprint density at radius 1 is 1.07 bits per heavy atom. The molecule has 1 saturated heterocycles. The average molecular weight is 407 g/mol. The van der Waals surface area contributed by atoms with Crippen LogP contribution in [0.15, 0.2) is 48.5 Å². The zero-order chi connectivity index (χ0) is 22.1. The Balaban J connectivity index is 1.98. The number of allylic oxidation sites excluding steroid dienone is 1. The molecule has 2 aromatic carbocycles. The van der Waals surface area contributed by atoms with Crippen LogP contribution in [0.2, 0.25) is 5.02 Å². The molecule has 0 bridgehead atoms. The van der Waals surface area contributed by atoms with Gasteiger partial charge < -0.3 is 25.2 Å². The standard InChI is InChI=1S/C22H25ClO5/c1-2-3-13-4-6-14(7-5-13)10-16-11-15(8-9-17(16)23)22-21(27)20(26)19(25)18(12-24)28-22/h2-9,11,18-22,24-27H,10,12H2,1H3/t18-,19-,20+,21-,22+/m1/s1/i10D2. The lowest BCUT2D eigenvalue weighted by atomic mass is 9.90. The summed E-state index contributed by atoms with van der Waals surface area (Å²) in [5.74, 6) is 0. The van der Waals surface area contributed by atoms with Crippen LogP contribution in [0, 0.1) is 0 Å². The second kappa shape index (κ2) is 9.18. The van der Waals surface area contributed by atoms with Crippen molar-refractivity contribution in [1.29, 1.82) is 0 Å². The highest BCUT2D eigenvalue weighted by atomic mass is 35.5. The summed E-state index contributed by atoms with van der Waals surface area (Å²) < 4.78 is 22.9. The topological polar surface area (TPSA) is 90.2 Å². The maximum atomic E-state index is 10.4. The van der Waals surface area contributed by atoms with Gasteiger partial charge in [0.05, 0.1) is 6.61 Å². The fraction of sp³-hybridized carbons (Fsp3) is 0.364. The summed E-state index contributed by atoms with van der Waals surface area (Å²) in [6, 6.07) is 11.5. The quantitative estimate of drug-likeness (QED) is 0.612. The van der Waals surface area contributed by atoms with E-state index in [2.05, 4.69) is 0 Å². The molecule has 1 aliphatic rings. The van der Waals surface area contributed by atoms with Crippen LogP contribution in [-0.2, 0) is 11.1 Å². The lowest BCUT2D eigenvalue weighted by Gasteiger charge is -2.40. The van der Waals surface area contributed by atoms with Gasteiger partial charge in [0, 0.05) is 7.76 Å². The van der Waals surface area contributed by atoms with Crippen LogP contribution in [0.3, 0.4) is 0 Å². The molecule has 2 aromatic rings. The number of hydrogen-bond acceptors (Lipinski definition) is 5. The van der Waals surface area contributed by atoms with E-state index in [9.17, 15) is 20.4 Å². The maximum Gasteiger partial charge on any atom is 0.113 e. The van der Waals surface area contributed by atoms with Crippen molar-refractivity contribution in [1.82, 2.24) is 0 Å². The predicted molar refractivity (Wildman–Crippen MR) is 108 cm³/mol. The van der Waals surface area contributed by atoms with E-state index >= 15 is 0 Å². The maximum absolute atomic E-state index is 10.4. The van der Waals surface area contributed by atoms with Crippen LogP contribution in [0.5, 0.6) is 0 Å². The Morgan fingerprint density at radius 2 is 1.79 bits per heavy atom. The van der Waals surface area contributed by atoms with E-state index in [4.69, 9.17) is 19.1 Å². The summed E-state index contributed by atoms with van der Waals surface area (Å²) in [6.07, 6.45) is -4.69. The number of ether oxygens (including phenoxy) is 1. The predicted octanol–water partition coefficient (Wildman–Crippen LogP) is 2.48. The molecule has 1 heterocycles. The molecule has 3 rings (SSSR count). The molecular weight excluding hydrogens is 380 g/mol. The Labute approximate surface area is 172 Å². The molecule has 0 saturated carbocycles. The van der Waals surface area contributed by atoms with Gasteiger partial charge in [-0.2, -0.15) is 0 Å². The van der Waals surface area contributed by atoms with Crippen LogP contribution in [0.1, 0.15) is 38.0 Å². The Kier molecular flexibility index (Phi) is 6.00. The van der Waals surface area contributed by atoms with E-state index < -0.39 is 43.5 Å². The van der Waals surface area contributed by atoms with E-state index in [1.165, 1.54) is 12.1 Å². The van der Waals surface area contributed by atoms with Crippen LogP contribution < -0.4 is 0 Å². The van der Waals surface area contributed by atoms with Gasteiger partial charge in [-0.15, -0.1) is 0 Å². The number of benzene rings is 2. The first-order valence-corrected chi connectivity index (χ1v) is 9.42.